The fraction of sp³-hybridized carbons (Fsp3) is 0.235. The van der Waals surface area contributed by atoms with Crippen LogP contribution < -0.4 is 22.1 Å². The van der Waals surface area contributed by atoms with E-state index in [9.17, 15) is 4.79 Å². The molecule has 5 nitrogen and oxygen atoms in total. The first-order valence-electron chi connectivity index (χ1n) is 7.57. The lowest BCUT2D eigenvalue weighted by Gasteiger charge is -2.15. The number of rotatable bonds is 6. The molecule has 2 aromatic rings. The number of benzene rings is 2. The first-order chi connectivity index (χ1) is 11.4. The number of nitrogens with one attached hydrogen (secondary N) is 2. The first-order valence-corrected chi connectivity index (χ1v) is 8.33. The molecule has 2 rings (SSSR count). The molecule has 24 heavy (non-hydrogen) atoms. The van der Waals surface area contributed by atoms with E-state index in [1.807, 2.05) is 6.92 Å². The standard InChI is InChI=1S/C17H20Cl2N4O/c1-2-5-22-16(24)7-10-6-11(20)3-4-15(10)23-17-13(18)8-12(21)9-14(17)19/h3-4,6,8-9,23H,2,5,7,20-21H2,1H3,(H,22,24). The number of hydrogen-bond donors (Lipinski definition) is 4. The highest BCUT2D eigenvalue weighted by Crippen LogP contribution is 2.36. The van der Waals surface area contributed by atoms with Gasteiger partial charge in [-0.25, -0.2) is 0 Å². The van der Waals surface area contributed by atoms with Gasteiger partial charge in [-0.1, -0.05) is 30.1 Å². The van der Waals surface area contributed by atoms with E-state index in [1.165, 1.54) is 0 Å². The van der Waals surface area contributed by atoms with Crippen LogP contribution >= 0.6 is 23.2 Å². The number of carbonyl (C=O) groups excluding carboxylic acids is 1. The van der Waals surface area contributed by atoms with E-state index in [0.29, 0.717) is 39.3 Å². The lowest BCUT2D eigenvalue weighted by molar-refractivity contribution is -0.120. The van der Waals surface area contributed by atoms with Crippen molar-refractivity contribution in [2.24, 2.45) is 0 Å². The van der Waals surface area contributed by atoms with Crippen LogP contribution in [-0.2, 0) is 11.2 Å². The Kier molecular flexibility index (Phi) is 6.17. The van der Waals surface area contributed by atoms with Crippen molar-refractivity contribution in [3.63, 3.8) is 0 Å². The Bertz CT molecular complexity index is 726. The molecule has 0 aliphatic carbocycles. The number of anilines is 4. The van der Waals surface area contributed by atoms with Crippen molar-refractivity contribution in [3.05, 3.63) is 45.9 Å². The molecule has 0 aliphatic heterocycles. The lowest BCUT2D eigenvalue weighted by Crippen LogP contribution is -2.26. The third kappa shape index (κ3) is 4.69. The second kappa shape index (κ2) is 8.13. The number of halogens is 2. The van der Waals surface area contributed by atoms with Gasteiger partial charge in [0.25, 0.3) is 0 Å². The van der Waals surface area contributed by atoms with Crippen LogP contribution in [0.4, 0.5) is 22.7 Å². The van der Waals surface area contributed by atoms with Crippen molar-refractivity contribution < 1.29 is 4.79 Å². The van der Waals surface area contributed by atoms with E-state index < -0.39 is 0 Å². The predicted octanol–water partition coefficient (Wildman–Crippen LogP) is 3.97. The van der Waals surface area contributed by atoms with Gasteiger partial charge in [-0.05, 0) is 42.3 Å². The van der Waals surface area contributed by atoms with Gasteiger partial charge in [0, 0.05) is 23.6 Å². The van der Waals surface area contributed by atoms with Crippen LogP contribution in [0.3, 0.4) is 0 Å². The average molecular weight is 367 g/mol. The largest absolute Gasteiger partial charge is 0.399 e. The highest BCUT2D eigenvalue weighted by Gasteiger charge is 2.12. The summed E-state index contributed by atoms with van der Waals surface area (Å²) in [6.07, 6.45) is 1.09. The van der Waals surface area contributed by atoms with E-state index in [0.717, 1.165) is 12.0 Å². The van der Waals surface area contributed by atoms with E-state index in [2.05, 4.69) is 10.6 Å². The summed E-state index contributed by atoms with van der Waals surface area (Å²) in [5, 5.41) is 6.82. The fourth-order valence-corrected chi connectivity index (χ4v) is 2.83. The summed E-state index contributed by atoms with van der Waals surface area (Å²) in [4.78, 5) is 12.0. The zero-order valence-corrected chi connectivity index (χ0v) is 14.8. The van der Waals surface area contributed by atoms with Gasteiger partial charge in [0.05, 0.1) is 22.2 Å². The fourth-order valence-electron chi connectivity index (χ4n) is 2.23. The third-order valence-corrected chi connectivity index (χ3v) is 3.97. The zero-order valence-electron chi connectivity index (χ0n) is 13.3. The summed E-state index contributed by atoms with van der Waals surface area (Å²) in [5.74, 6) is -0.0694. The number of amides is 1. The zero-order chi connectivity index (χ0) is 17.7. The van der Waals surface area contributed by atoms with Gasteiger partial charge in [-0.2, -0.15) is 0 Å². The molecular formula is C17H20Cl2N4O. The van der Waals surface area contributed by atoms with Gasteiger partial charge in [0.15, 0.2) is 0 Å². The number of nitrogen functional groups attached to an aromatic ring is 2. The topological polar surface area (TPSA) is 93.2 Å². The average Bonchev–Trinajstić information content (AvgIpc) is 2.50. The molecule has 0 saturated carbocycles. The van der Waals surface area contributed by atoms with Gasteiger partial charge in [-0.15, -0.1) is 0 Å². The molecule has 0 radical (unpaired) electrons. The minimum Gasteiger partial charge on any atom is -0.399 e. The van der Waals surface area contributed by atoms with Crippen molar-refractivity contribution in [3.8, 4) is 0 Å². The second-order valence-corrected chi connectivity index (χ2v) is 6.24. The Morgan fingerprint density at radius 1 is 1.08 bits per heavy atom. The maximum atomic E-state index is 12.0. The molecule has 1 amide bonds. The molecule has 0 aliphatic rings. The number of hydrogen-bond acceptors (Lipinski definition) is 4. The molecule has 0 aromatic heterocycles. The Hall–Kier alpha value is -2.11. The Labute approximate surface area is 151 Å². The maximum Gasteiger partial charge on any atom is 0.224 e. The van der Waals surface area contributed by atoms with E-state index in [-0.39, 0.29) is 12.3 Å². The Balaban J connectivity index is 2.29. The van der Waals surface area contributed by atoms with Crippen molar-refractivity contribution in [2.75, 3.05) is 23.3 Å². The smallest absolute Gasteiger partial charge is 0.224 e. The summed E-state index contributed by atoms with van der Waals surface area (Å²) in [5.41, 5.74) is 14.6. The summed E-state index contributed by atoms with van der Waals surface area (Å²) < 4.78 is 0. The van der Waals surface area contributed by atoms with Crippen molar-refractivity contribution in [2.45, 2.75) is 19.8 Å². The third-order valence-electron chi connectivity index (χ3n) is 3.38. The van der Waals surface area contributed by atoms with Crippen LogP contribution in [-0.4, -0.2) is 12.5 Å². The van der Waals surface area contributed by atoms with Gasteiger partial charge < -0.3 is 22.1 Å². The van der Waals surface area contributed by atoms with Crippen LogP contribution in [0.1, 0.15) is 18.9 Å². The molecular weight excluding hydrogens is 347 g/mol. The second-order valence-electron chi connectivity index (χ2n) is 5.43. The molecule has 0 atom stereocenters. The molecule has 0 unspecified atom stereocenters. The number of carbonyl (C=O) groups is 1. The van der Waals surface area contributed by atoms with E-state index in [1.54, 1.807) is 30.3 Å². The Morgan fingerprint density at radius 2 is 1.75 bits per heavy atom. The van der Waals surface area contributed by atoms with E-state index >= 15 is 0 Å². The highest BCUT2D eigenvalue weighted by atomic mass is 35.5. The quantitative estimate of drug-likeness (QED) is 0.581. The lowest BCUT2D eigenvalue weighted by atomic mass is 10.1. The summed E-state index contributed by atoms with van der Waals surface area (Å²) >= 11 is 12.4. The summed E-state index contributed by atoms with van der Waals surface area (Å²) in [6.45, 7) is 2.64. The first kappa shape index (κ1) is 18.2. The molecule has 2 aromatic carbocycles. The molecule has 0 spiro atoms. The van der Waals surface area contributed by atoms with Gasteiger partial charge in [-0.3, -0.25) is 4.79 Å². The van der Waals surface area contributed by atoms with Gasteiger partial charge >= 0.3 is 0 Å². The monoisotopic (exact) mass is 366 g/mol. The molecule has 0 fully saturated rings. The molecule has 0 bridgehead atoms. The van der Waals surface area contributed by atoms with Gasteiger partial charge in [0.2, 0.25) is 5.91 Å². The molecule has 7 heteroatoms. The molecule has 0 heterocycles. The van der Waals surface area contributed by atoms with Crippen molar-refractivity contribution in [1.82, 2.24) is 5.32 Å². The molecule has 6 N–H and O–H groups in total. The molecule has 0 saturated heterocycles. The van der Waals surface area contributed by atoms with Crippen LogP contribution in [0.25, 0.3) is 0 Å². The van der Waals surface area contributed by atoms with Crippen LogP contribution in [0, 0.1) is 0 Å². The van der Waals surface area contributed by atoms with E-state index in [4.69, 9.17) is 34.7 Å². The maximum absolute atomic E-state index is 12.0. The van der Waals surface area contributed by atoms with Crippen LogP contribution in [0.5, 0.6) is 0 Å². The summed E-state index contributed by atoms with van der Waals surface area (Å²) in [7, 11) is 0. The normalized spacial score (nSPS) is 10.5. The number of nitrogens with two attached hydrogens (primary N) is 2. The SMILES string of the molecule is CCCNC(=O)Cc1cc(N)ccc1Nc1c(Cl)cc(N)cc1Cl. The predicted molar refractivity (Wildman–Crippen MR) is 102 cm³/mol. The van der Waals surface area contributed by atoms with Crippen molar-refractivity contribution in [1.29, 1.82) is 0 Å². The minimum atomic E-state index is -0.0694. The minimum absolute atomic E-state index is 0.0694. The summed E-state index contributed by atoms with van der Waals surface area (Å²) in [6, 6.07) is 8.52. The van der Waals surface area contributed by atoms with Crippen LogP contribution in [0.2, 0.25) is 10.0 Å². The van der Waals surface area contributed by atoms with Crippen molar-refractivity contribution >= 4 is 51.9 Å². The highest BCUT2D eigenvalue weighted by molar-refractivity contribution is 6.39. The van der Waals surface area contributed by atoms with Crippen LogP contribution in [0.15, 0.2) is 30.3 Å². The Morgan fingerprint density at radius 3 is 2.38 bits per heavy atom. The molecule has 128 valence electrons. The van der Waals surface area contributed by atoms with Gasteiger partial charge in [0.1, 0.15) is 0 Å².